The van der Waals surface area contributed by atoms with Crippen LogP contribution in [0.1, 0.15) is 45.7 Å². The van der Waals surface area contributed by atoms with E-state index in [0.29, 0.717) is 68.7 Å². The maximum atomic E-state index is 13.3. The number of rotatable bonds is 12. The molecule has 0 fully saturated rings. The maximum absolute atomic E-state index is 13.3. The number of nitrogens with one attached hydrogen (secondary N) is 2. The minimum absolute atomic E-state index is 0.126. The second kappa shape index (κ2) is 18.1. The highest BCUT2D eigenvalue weighted by molar-refractivity contribution is 7.92. The maximum Gasteiger partial charge on any atom is 0.255 e. The molecular weight excluding hydrogens is 840 g/mol. The highest BCUT2D eigenvalue weighted by Crippen LogP contribution is 2.38. The molecule has 0 bridgehead atoms. The molecular formula is C44H45FN6O9S2. The second-order valence-corrected chi connectivity index (χ2v) is 18.1. The van der Waals surface area contributed by atoms with E-state index in [0.717, 1.165) is 21.1 Å². The fourth-order valence-electron chi connectivity index (χ4n) is 6.50. The van der Waals surface area contributed by atoms with Gasteiger partial charge in [-0.05, 0) is 96.8 Å². The minimum atomic E-state index is -3.53. The minimum Gasteiger partial charge on any atom is -0.457 e. The number of anilines is 2. The van der Waals surface area contributed by atoms with Crippen molar-refractivity contribution in [2.24, 2.45) is 0 Å². The number of benzene rings is 3. The van der Waals surface area contributed by atoms with Crippen molar-refractivity contribution in [3.8, 4) is 34.1 Å². The van der Waals surface area contributed by atoms with Gasteiger partial charge in [-0.3, -0.25) is 18.2 Å². The number of carbonyl (C=O) groups is 2. The number of carbonyl (C=O) groups excluding carboxylic acids is 2. The number of hydrogen-bond donors (Lipinski definition) is 2. The lowest BCUT2D eigenvalue weighted by atomic mass is 10.0. The van der Waals surface area contributed by atoms with Gasteiger partial charge in [0.2, 0.25) is 31.5 Å². The zero-order valence-electron chi connectivity index (χ0n) is 35.2. The summed E-state index contributed by atoms with van der Waals surface area (Å²) in [5, 5.41) is 6.20. The molecule has 18 heteroatoms. The summed E-state index contributed by atoms with van der Waals surface area (Å²) >= 11 is 0. The Morgan fingerprint density at radius 3 is 1.40 bits per heavy atom. The summed E-state index contributed by atoms with van der Waals surface area (Å²) in [4.78, 5) is 34.3. The molecule has 324 valence electrons. The molecule has 0 radical (unpaired) electrons. The van der Waals surface area contributed by atoms with Crippen LogP contribution in [-0.2, 0) is 32.9 Å². The van der Waals surface area contributed by atoms with Gasteiger partial charge in [0.1, 0.15) is 40.5 Å². The SMILES string of the molecule is CCc1cc2c(C(=O)NC)c(-c3ccc(F)cc3)oc2nc1N(C)S(C)(=O)=O.CCc1cc2c(C(=O)NC)c(-c3ccc(Oc4ccccc4)cc3)oc2nc1N(C)S(C)(=O)=O. The average Bonchev–Trinajstić information content (AvgIpc) is 3.83. The zero-order chi connectivity index (χ0) is 45.1. The van der Waals surface area contributed by atoms with Crippen LogP contribution in [0.4, 0.5) is 16.0 Å². The van der Waals surface area contributed by atoms with Crippen LogP contribution in [0.3, 0.4) is 0 Å². The van der Waals surface area contributed by atoms with Gasteiger partial charge in [0.05, 0.1) is 34.4 Å². The largest absolute Gasteiger partial charge is 0.457 e. The van der Waals surface area contributed by atoms with Gasteiger partial charge in [0, 0.05) is 39.3 Å². The molecule has 0 spiro atoms. The molecule has 62 heavy (non-hydrogen) atoms. The fraction of sp³-hybridized carbons (Fsp3) is 0.227. The van der Waals surface area contributed by atoms with Gasteiger partial charge in [-0.2, -0.15) is 9.97 Å². The molecule has 7 rings (SSSR count). The first-order chi connectivity index (χ1) is 29.4. The number of pyridine rings is 2. The van der Waals surface area contributed by atoms with E-state index in [-0.39, 0.29) is 46.2 Å². The number of ether oxygens (including phenoxy) is 1. The Kier molecular flexibility index (Phi) is 13.0. The Morgan fingerprint density at radius 1 is 0.645 bits per heavy atom. The lowest BCUT2D eigenvalue weighted by molar-refractivity contribution is 0.0956. The number of fused-ring (bicyclic) bond motifs is 2. The Morgan fingerprint density at radius 2 is 1.03 bits per heavy atom. The number of para-hydroxylation sites is 1. The standard InChI is InChI=1S/C25H25N3O5S.C19H20FN3O4S/c1-5-16-15-20-21(24(29)26-2)22(33-25(20)27-23(16)28(3)34(4,30)31)17-11-13-19(14-12-17)32-18-9-7-6-8-10-18;1-5-11-10-14-15(18(24)21-2)16(12-6-8-13(20)9-7-12)27-19(14)22-17(11)23(3)28(4,25)26/h6-15H,5H2,1-4H3,(H,26,29);6-10H,5H2,1-4H3,(H,21,24). The molecule has 15 nitrogen and oxygen atoms in total. The summed E-state index contributed by atoms with van der Waals surface area (Å²) < 4.78 is 81.4. The molecule has 0 saturated heterocycles. The number of furan rings is 2. The quantitative estimate of drug-likeness (QED) is 0.123. The summed E-state index contributed by atoms with van der Waals surface area (Å²) in [6.07, 6.45) is 3.22. The van der Waals surface area contributed by atoms with Crippen molar-refractivity contribution in [1.29, 1.82) is 0 Å². The molecule has 0 atom stereocenters. The summed E-state index contributed by atoms with van der Waals surface area (Å²) in [5.74, 6) is 1.31. The van der Waals surface area contributed by atoms with Crippen LogP contribution in [0, 0.1) is 5.82 Å². The zero-order valence-corrected chi connectivity index (χ0v) is 36.9. The number of amides is 2. The summed E-state index contributed by atoms with van der Waals surface area (Å²) in [6, 6.07) is 25.6. The van der Waals surface area contributed by atoms with E-state index in [1.807, 2.05) is 44.2 Å². The lowest BCUT2D eigenvalue weighted by Crippen LogP contribution is -2.27. The molecule has 4 aromatic heterocycles. The van der Waals surface area contributed by atoms with Crippen molar-refractivity contribution in [1.82, 2.24) is 20.6 Å². The first-order valence-corrected chi connectivity index (χ1v) is 22.9. The van der Waals surface area contributed by atoms with Crippen molar-refractivity contribution in [3.05, 3.63) is 119 Å². The Labute approximate surface area is 358 Å². The molecule has 3 aromatic carbocycles. The second-order valence-electron chi connectivity index (χ2n) is 14.0. The van der Waals surface area contributed by atoms with Crippen molar-refractivity contribution in [2.45, 2.75) is 26.7 Å². The van der Waals surface area contributed by atoms with Gasteiger partial charge < -0.3 is 24.2 Å². The van der Waals surface area contributed by atoms with Crippen LogP contribution in [0.5, 0.6) is 11.5 Å². The predicted molar refractivity (Wildman–Crippen MR) is 237 cm³/mol. The van der Waals surface area contributed by atoms with Gasteiger partial charge in [0.25, 0.3) is 11.8 Å². The van der Waals surface area contributed by atoms with Gasteiger partial charge in [0.15, 0.2) is 0 Å². The van der Waals surface area contributed by atoms with Gasteiger partial charge in [-0.15, -0.1) is 0 Å². The molecule has 0 aliphatic rings. The summed E-state index contributed by atoms with van der Waals surface area (Å²) in [5.41, 5.74) is 3.41. The van der Waals surface area contributed by atoms with E-state index in [1.54, 1.807) is 43.4 Å². The van der Waals surface area contributed by atoms with Crippen LogP contribution >= 0.6 is 0 Å². The molecule has 2 amide bonds. The third-order valence-electron chi connectivity index (χ3n) is 9.94. The van der Waals surface area contributed by atoms with Crippen LogP contribution in [0.25, 0.3) is 44.8 Å². The van der Waals surface area contributed by atoms with Crippen molar-refractivity contribution in [3.63, 3.8) is 0 Å². The smallest absolute Gasteiger partial charge is 0.255 e. The van der Waals surface area contributed by atoms with Crippen molar-refractivity contribution < 1.29 is 44.4 Å². The number of aromatic nitrogens is 2. The normalized spacial score (nSPS) is 11.5. The van der Waals surface area contributed by atoms with E-state index in [2.05, 4.69) is 20.6 Å². The first kappa shape index (κ1) is 44.8. The van der Waals surface area contributed by atoms with Crippen LogP contribution in [0.2, 0.25) is 0 Å². The van der Waals surface area contributed by atoms with E-state index in [9.17, 15) is 30.8 Å². The molecule has 4 heterocycles. The topological polar surface area (TPSA) is 194 Å². The van der Waals surface area contributed by atoms with Gasteiger partial charge in [-0.25, -0.2) is 21.2 Å². The van der Waals surface area contributed by atoms with Crippen LogP contribution in [0.15, 0.2) is 99.8 Å². The molecule has 0 aliphatic carbocycles. The third kappa shape index (κ3) is 9.25. The molecule has 2 N–H and O–H groups in total. The van der Waals surface area contributed by atoms with Gasteiger partial charge >= 0.3 is 0 Å². The average molecular weight is 885 g/mol. The molecule has 7 aromatic rings. The number of nitrogens with zero attached hydrogens (tertiary/aromatic N) is 4. The Hall–Kier alpha value is -6.79. The van der Waals surface area contributed by atoms with E-state index in [1.165, 1.54) is 45.4 Å². The Balaban J connectivity index is 0.000000211. The van der Waals surface area contributed by atoms with E-state index in [4.69, 9.17) is 13.6 Å². The monoisotopic (exact) mass is 884 g/mol. The lowest BCUT2D eigenvalue weighted by Gasteiger charge is -2.18. The highest BCUT2D eigenvalue weighted by atomic mass is 32.2. The number of hydrogen-bond acceptors (Lipinski definition) is 11. The van der Waals surface area contributed by atoms with Crippen LogP contribution in [-0.4, -0.2) is 79.3 Å². The third-order valence-corrected chi connectivity index (χ3v) is 12.3. The molecule has 0 unspecified atom stereocenters. The van der Waals surface area contributed by atoms with Crippen molar-refractivity contribution >= 4 is 65.7 Å². The number of aryl methyl sites for hydroxylation is 2. The number of sulfonamides is 2. The van der Waals surface area contributed by atoms with Crippen molar-refractivity contribution in [2.75, 3.05) is 49.3 Å². The first-order valence-electron chi connectivity index (χ1n) is 19.2. The van der Waals surface area contributed by atoms with E-state index < -0.39 is 25.9 Å². The fourth-order valence-corrected chi connectivity index (χ4v) is 7.44. The number of halogens is 1. The highest BCUT2D eigenvalue weighted by Gasteiger charge is 2.28. The molecule has 0 aliphatic heterocycles. The van der Waals surface area contributed by atoms with E-state index >= 15 is 0 Å². The molecule has 0 saturated carbocycles. The van der Waals surface area contributed by atoms with Crippen LogP contribution < -0.4 is 24.0 Å². The summed E-state index contributed by atoms with van der Waals surface area (Å²) in [7, 11) is -1.17. The predicted octanol–water partition coefficient (Wildman–Crippen LogP) is 7.56. The van der Waals surface area contributed by atoms with Gasteiger partial charge in [-0.1, -0.05) is 32.0 Å². The summed E-state index contributed by atoms with van der Waals surface area (Å²) in [6.45, 7) is 3.76. The Bertz CT molecular complexity index is 3010.